The zero-order valence-corrected chi connectivity index (χ0v) is 22.1. The van der Waals surface area contributed by atoms with Crippen molar-refractivity contribution in [2.75, 3.05) is 0 Å². The Morgan fingerprint density at radius 2 is 1.61 bits per heavy atom. The smallest absolute Gasteiger partial charge is 0.219 e. The fourth-order valence-corrected chi connectivity index (χ4v) is 4.21. The number of allylic oxidation sites excluding steroid dienone is 2. The van der Waals surface area contributed by atoms with Crippen LogP contribution in [0.2, 0.25) is 0 Å². The summed E-state index contributed by atoms with van der Waals surface area (Å²) >= 11 is 0. The molecule has 6 aromatic rings. The standard InChI is InChI=1S/C24H15N4.C5H8O2.Ir/c1-2-9-17(10-3-1)27-22-15-7-5-13-20(22)26-24(27)28-21-14-6-4-11-18(21)19-12-8-16-25-23(19)28;1-4(6)3-5(2)7;/h1-13,15-16H;3,6H,1-2H3;/q-1;;/b;4-3-;. The summed E-state index contributed by atoms with van der Waals surface area (Å²) in [4.78, 5) is 19.7. The van der Waals surface area contributed by atoms with E-state index >= 15 is 0 Å². The first-order chi connectivity index (χ1) is 17.0. The van der Waals surface area contributed by atoms with E-state index in [0.717, 1.165) is 44.6 Å². The van der Waals surface area contributed by atoms with Gasteiger partial charge in [-0.2, -0.15) is 24.3 Å². The molecule has 3 heterocycles. The maximum atomic E-state index is 10.0. The second-order valence-corrected chi connectivity index (χ2v) is 8.11. The molecule has 0 unspecified atom stereocenters. The number of fused-ring (bicyclic) bond motifs is 4. The Hall–Kier alpha value is -4.06. The quantitative estimate of drug-likeness (QED) is 0.138. The number of para-hydroxylation sites is 4. The summed E-state index contributed by atoms with van der Waals surface area (Å²) in [7, 11) is 0. The molecule has 0 fully saturated rings. The predicted octanol–water partition coefficient (Wildman–Crippen LogP) is 6.35. The number of aliphatic hydroxyl groups is 1. The summed E-state index contributed by atoms with van der Waals surface area (Å²) in [5, 5.41) is 10.6. The second-order valence-electron chi connectivity index (χ2n) is 8.11. The van der Waals surface area contributed by atoms with Crippen molar-refractivity contribution in [2.24, 2.45) is 0 Å². The Kier molecular flexibility index (Phi) is 7.44. The average Bonchev–Trinajstić information content (AvgIpc) is 3.40. The van der Waals surface area contributed by atoms with Crippen LogP contribution < -0.4 is 0 Å². The van der Waals surface area contributed by atoms with Crippen LogP contribution in [-0.2, 0) is 24.9 Å². The molecule has 3 aromatic heterocycles. The van der Waals surface area contributed by atoms with E-state index in [4.69, 9.17) is 10.1 Å². The SMILES string of the molecule is CC(=O)/C=C(/C)O.[Ir].[c-]1cccc2c3cccnc3n(-c3nc4ccccc4n3-c3ccccc3)c12. The molecular formula is C29H23IrN4O2-. The Morgan fingerprint density at radius 3 is 2.33 bits per heavy atom. The molecule has 181 valence electrons. The third-order valence-electron chi connectivity index (χ3n) is 5.52. The maximum Gasteiger partial charge on any atom is 0.219 e. The summed E-state index contributed by atoms with van der Waals surface area (Å²) in [6, 6.07) is 32.1. The number of hydrogen-bond acceptors (Lipinski definition) is 4. The summed E-state index contributed by atoms with van der Waals surface area (Å²) in [6.45, 7) is 2.85. The van der Waals surface area contributed by atoms with Gasteiger partial charge in [0.2, 0.25) is 5.95 Å². The van der Waals surface area contributed by atoms with Crippen LogP contribution in [0.4, 0.5) is 0 Å². The largest absolute Gasteiger partial charge is 0.512 e. The van der Waals surface area contributed by atoms with Gasteiger partial charge in [0, 0.05) is 38.1 Å². The predicted molar refractivity (Wildman–Crippen MR) is 139 cm³/mol. The fourth-order valence-electron chi connectivity index (χ4n) is 4.21. The molecule has 0 saturated carbocycles. The number of aliphatic hydroxyl groups excluding tert-OH is 1. The minimum atomic E-state index is -0.125. The molecule has 6 nitrogen and oxygen atoms in total. The van der Waals surface area contributed by atoms with Gasteiger partial charge in [-0.1, -0.05) is 41.9 Å². The molecule has 36 heavy (non-hydrogen) atoms. The molecular weight excluding hydrogens is 629 g/mol. The van der Waals surface area contributed by atoms with E-state index in [1.54, 1.807) is 0 Å². The monoisotopic (exact) mass is 652 g/mol. The Bertz CT molecular complexity index is 1640. The van der Waals surface area contributed by atoms with Gasteiger partial charge >= 0.3 is 0 Å². The molecule has 1 radical (unpaired) electrons. The van der Waals surface area contributed by atoms with Crippen LogP contribution in [0.1, 0.15) is 13.8 Å². The molecule has 3 aromatic carbocycles. The van der Waals surface area contributed by atoms with Gasteiger partial charge in [-0.25, -0.2) is 9.97 Å². The number of benzene rings is 3. The van der Waals surface area contributed by atoms with Crippen molar-refractivity contribution < 1.29 is 30.0 Å². The van der Waals surface area contributed by atoms with Crippen molar-refractivity contribution >= 4 is 38.8 Å². The molecule has 0 amide bonds. The van der Waals surface area contributed by atoms with Crippen LogP contribution in [0.3, 0.4) is 0 Å². The van der Waals surface area contributed by atoms with Crippen LogP contribution in [0.25, 0.3) is 44.6 Å². The normalized spacial score (nSPS) is 11.2. The molecule has 0 bridgehead atoms. The van der Waals surface area contributed by atoms with Crippen molar-refractivity contribution in [1.29, 1.82) is 0 Å². The molecule has 1 N–H and O–H groups in total. The van der Waals surface area contributed by atoms with Gasteiger partial charge in [-0.05, 0) is 49.6 Å². The number of aromatic nitrogens is 4. The molecule has 0 spiro atoms. The third kappa shape index (κ3) is 4.71. The average molecular weight is 652 g/mol. The van der Waals surface area contributed by atoms with Gasteiger partial charge in [0.25, 0.3) is 0 Å². The number of carbonyl (C=O) groups excluding carboxylic acids is 1. The third-order valence-corrected chi connectivity index (χ3v) is 5.52. The van der Waals surface area contributed by atoms with Crippen LogP contribution in [-0.4, -0.2) is 30.0 Å². The number of imidazole rings is 1. The number of hydrogen-bond donors (Lipinski definition) is 1. The molecule has 7 heteroatoms. The Morgan fingerprint density at radius 1 is 0.889 bits per heavy atom. The summed E-state index contributed by atoms with van der Waals surface area (Å²) in [5.74, 6) is 0.751. The zero-order chi connectivity index (χ0) is 24.4. The van der Waals surface area contributed by atoms with Gasteiger partial charge in [-0.15, -0.1) is 5.39 Å². The van der Waals surface area contributed by atoms with Crippen molar-refractivity contribution in [3.63, 3.8) is 0 Å². The minimum Gasteiger partial charge on any atom is -0.512 e. The first kappa shape index (κ1) is 25.0. The first-order valence-electron chi connectivity index (χ1n) is 11.2. The van der Waals surface area contributed by atoms with Crippen LogP contribution in [0, 0.1) is 6.07 Å². The molecule has 6 rings (SSSR count). The molecule has 0 aliphatic heterocycles. The topological polar surface area (TPSA) is 72.9 Å². The number of rotatable bonds is 3. The van der Waals surface area contributed by atoms with E-state index in [1.165, 1.54) is 19.9 Å². The number of pyridine rings is 1. The van der Waals surface area contributed by atoms with Gasteiger partial charge in [0.1, 0.15) is 5.65 Å². The summed E-state index contributed by atoms with van der Waals surface area (Å²) in [6.07, 6.45) is 2.99. The Labute approximate surface area is 221 Å². The number of nitrogens with zero attached hydrogens (tertiary/aromatic N) is 4. The van der Waals surface area contributed by atoms with E-state index in [9.17, 15) is 4.79 Å². The van der Waals surface area contributed by atoms with E-state index in [2.05, 4.69) is 50.5 Å². The van der Waals surface area contributed by atoms with E-state index in [0.29, 0.717) is 0 Å². The van der Waals surface area contributed by atoms with Crippen molar-refractivity contribution in [3.8, 4) is 11.6 Å². The maximum absolute atomic E-state index is 10.0. The molecule has 0 aliphatic rings. The van der Waals surface area contributed by atoms with E-state index < -0.39 is 0 Å². The van der Waals surface area contributed by atoms with Gasteiger partial charge < -0.3 is 5.11 Å². The zero-order valence-electron chi connectivity index (χ0n) is 19.7. The van der Waals surface area contributed by atoms with Crippen molar-refractivity contribution in [3.05, 3.63) is 109 Å². The van der Waals surface area contributed by atoms with Gasteiger partial charge in [0.15, 0.2) is 5.78 Å². The summed E-state index contributed by atoms with van der Waals surface area (Å²) < 4.78 is 4.29. The number of carbonyl (C=O) groups is 1. The van der Waals surface area contributed by atoms with Crippen LogP contribution in [0.15, 0.2) is 103 Å². The molecule has 0 aliphatic carbocycles. The van der Waals surface area contributed by atoms with Crippen molar-refractivity contribution in [1.82, 2.24) is 19.1 Å². The van der Waals surface area contributed by atoms with Gasteiger partial charge in [-0.3, -0.25) is 13.9 Å². The molecule has 0 saturated heterocycles. The van der Waals surface area contributed by atoms with E-state index in [1.807, 2.05) is 60.8 Å². The minimum absolute atomic E-state index is 0. The van der Waals surface area contributed by atoms with Crippen LogP contribution in [0.5, 0.6) is 0 Å². The van der Waals surface area contributed by atoms with E-state index in [-0.39, 0.29) is 31.6 Å². The first-order valence-corrected chi connectivity index (χ1v) is 11.2. The summed E-state index contributed by atoms with van der Waals surface area (Å²) in [5.41, 5.74) is 4.93. The fraction of sp³-hybridized carbons (Fsp3) is 0.0690. The second kappa shape index (κ2) is 10.7. The van der Waals surface area contributed by atoms with Gasteiger partial charge in [0.05, 0.1) is 16.8 Å². The Balaban J connectivity index is 0.000000338. The number of ketones is 1. The van der Waals surface area contributed by atoms with Crippen LogP contribution >= 0.6 is 0 Å². The molecule has 0 atom stereocenters. The van der Waals surface area contributed by atoms with Crippen molar-refractivity contribution in [2.45, 2.75) is 13.8 Å².